The highest BCUT2D eigenvalue weighted by molar-refractivity contribution is 7.49. The van der Waals surface area contributed by atoms with E-state index in [1.54, 1.807) is 6.07 Å². The van der Waals surface area contributed by atoms with E-state index in [2.05, 4.69) is 27.7 Å². The molecular weight excluding hydrogens is 482 g/mol. The molecule has 1 aromatic carbocycles. The number of allylic oxidation sites excluding steroid dienone is 4. The molecule has 1 N–H and O–H groups in total. The molecule has 0 amide bonds. The maximum absolute atomic E-state index is 15.0. The van der Waals surface area contributed by atoms with Gasteiger partial charge in [-0.1, -0.05) is 66.3 Å². The second-order valence-electron chi connectivity index (χ2n) is 11.2. The fourth-order valence-electron chi connectivity index (χ4n) is 5.74. The number of carbonyl (C=O) groups is 2. The van der Waals surface area contributed by atoms with Gasteiger partial charge in [-0.15, -0.1) is 0 Å². The van der Waals surface area contributed by atoms with Crippen LogP contribution in [0.5, 0.6) is 0 Å². The van der Waals surface area contributed by atoms with Gasteiger partial charge in [-0.3, -0.25) is 4.79 Å². The summed E-state index contributed by atoms with van der Waals surface area (Å²) in [5, 5.41) is 11.8. The lowest BCUT2D eigenvalue weighted by molar-refractivity contribution is -0.114. The van der Waals surface area contributed by atoms with E-state index in [-0.39, 0.29) is 23.2 Å². The van der Waals surface area contributed by atoms with Crippen LogP contribution in [0.25, 0.3) is 5.57 Å². The third-order valence-electron chi connectivity index (χ3n) is 8.42. The molecule has 202 valence electrons. The molecule has 1 aromatic rings. The first-order chi connectivity index (χ1) is 17.5. The van der Waals surface area contributed by atoms with Gasteiger partial charge in [-0.2, -0.15) is 0 Å². The van der Waals surface area contributed by atoms with E-state index >= 15 is 0 Å². The number of aliphatic hydroxyl groups is 1. The molecule has 0 bridgehead atoms. The molecule has 5 atom stereocenters. The van der Waals surface area contributed by atoms with Crippen molar-refractivity contribution in [2.75, 3.05) is 0 Å². The number of ketones is 1. The summed E-state index contributed by atoms with van der Waals surface area (Å²) >= 11 is 0. The van der Waals surface area contributed by atoms with Gasteiger partial charge in [0.15, 0.2) is 12.1 Å². The van der Waals surface area contributed by atoms with Crippen LogP contribution in [0.15, 0.2) is 34.4 Å². The molecule has 0 fully saturated rings. The molecule has 2 aliphatic rings. The standard InChI is InChI=1S/C32H44FO3P/c1-8-18(3)13-25(22(7)35)26(29(36)17-34)15-20(5)32-27(14-19(4)9-2)24-12-10-11-23-21(6)28(33)16-30(37-32)31(23)24/h15-19,29,32,36-37H,8-14H2,1-7H3/b20-15+,26-25+. The molecule has 0 aromatic heterocycles. The predicted octanol–water partition coefficient (Wildman–Crippen LogP) is 7.17. The van der Waals surface area contributed by atoms with E-state index in [0.29, 0.717) is 38.4 Å². The number of Topliss-reactive ketones (excluding diaryl/α,β-unsaturated/α-hetero) is 1. The quantitative estimate of drug-likeness (QED) is 0.144. The van der Waals surface area contributed by atoms with Crippen molar-refractivity contribution in [2.45, 2.75) is 105 Å². The smallest absolute Gasteiger partial charge is 0.156 e. The number of aldehydes is 1. The van der Waals surface area contributed by atoms with Gasteiger partial charge in [-0.05, 0) is 104 Å². The van der Waals surface area contributed by atoms with Crippen molar-refractivity contribution in [2.24, 2.45) is 11.8 Å². The highest BCUT2D eigenvalue weighted by atomic mass is 31.1. The molecule has 0 saturated heterocycles. The molecule has 37 heavy (non-hydrogen) atoms. The van der Waals surface area contributed by atoms with Gasteiger partial charge in [0.2, 0.25) is 0 Å². The summed E-state index contributed by atoms with van der Waals surface area (Å²) in [5.74, 6) is 0.548. The zero-order chi connectivity index (χ0) is 27.4. The maximum atomic E-state index is 15.0. The van der Waals surface area contributed by atoms with E-state index in [0.717, 1.165) is 55.0 Å². The lowest BCUT2D eigenvalue weighted by Gasteiger charge is -2.37. The van der Waals surface area contributed by atoms with E-state index in [4.69, 9.17) is 0 Å². The van der Waals surface area contributed by atoms with Crippen molar-refractivity contribution in [3.8, 4) is 0 Å². The van der Waals surface area contributed by atoms with E-state index < -0.39 is 6.10 Å². The summed E-state index contributed by atoms with van der Waals surface area (Å²) in [6, 6.07) is 1.74. The molecule has 1 aliphatic carbocycles. The van der Waals surface area contributed by atoms with E-state index in [1.165, 1.54) is 29.2 Å². The first-order valence-electron chi connectivity index (χ1n) is 13.9. The lowest BCUT2D eigenvalue weighted by Crippen LogP contribution is -2.27. The second-order valence-corrected chi connectivity index (χ2v) is 12.6. The Kier molecular flexibility index (Phi) is 10.2. The fourth-order valence-corrected chi connectivity index (χ4v) is 7.48. The minimum absolute atomic E-state index is 0.0789. The molecule has 0 spiro atoms. The Balaban J connectivity index is 2.22. The molecule has 3 nitrogen and oxygen atoms in total. The molecular formula is C32H44FO3P. The monoisotopic (exact) mass is 526 g/mol. The number of carbonyl (C=O) groups excluding carboxylic acids is 2. The molecule has 5 heteroatoms. The van der Waals surface area contributed by atoms with Gasteiger partial charge >= 0.3 is 0 Å². The van der Waals surface area contributed by atoms with Crippen LogP contribution in [-0.4, -0.2) is 28.9 Å². The van der Waals surface area contributed by atoms with Gasteiger partial charge in [0.1, 0.15) is 11.9 Å². The summed E-state index contributed by atoms with van der Waals surface area (Å²) in [6.45, 7) is 14.1. The number of rotatable bonds is 11. The Morgan fingerprint density at radius 1 is 1.19 bits per heavy atom. The lowest BCUT2D eigenvalue weighted by atomic mass is 9.78. The van der Waals surface area contributed by atoms with Crippen LogP contribution in [0.1, 0.15) is 96.8 Å². The molecule has 1 heterocycles. The van der Waals surface area contributed by atoms with Crippen LogP contribution >= 0.6 is 8.58 Å². The topological polar surface area (TPSA) is 54.4 Å². The predicted molar refractivity (Wildman–Crippen MR) is 154 cm³/mol. The van der Waals surface area contributed by atoms with Crippen LogP contribution in [0.4, 0.5) is 4.39 Å². The van der Waals surface area contributed by atoms with Gasteiger partial charge in [0, 0.05) is 11.2 Å². The number of hydrogen-bond acceptors (Lipinski definition) is 3. The van der Waals surface area contributed by atoms with Crippen LogP contribution in [0, 0.1) is 24.6 Å². The normalized spacial score (nSPS) is 21.3. The zero-order valence-corrected chi connectivity index (χ0v) is 24.6. The van der Waals surface area contributed by atoms with Crippen molar-refractivity contribution >= 4 is 31.5 Å². The summed E-state index contributed by atoms with van der Waals surface area (Å²) < 4.78 is 15.0. The molecule has 3 rings (SSSR count). The highest BCUT2D eigenvalue weighted by Crippen LogP contribution is 2.49. The van der Waals surface area contributed by atoms with Gasteiger partial charge < -0.3 is 9.90 Å². The van der Waals surface area contributed by atoms with Crippen LogP contribution < -0.4 is 5.30 Å². The van der Waals surface area contributed by atoms with Crippen LogP contribution in [-0.2, 0) is 16.0 Å². The van der Waals surface area contributed by atoms with Gasteiger partial charge in [0.05, 0.1) is 0 Å². The summed E-state index contributed by atoms with van der Waals surface area (Å²) in [4.78, 5) is 24.4. The Hall–Kier alpha value is -1.90. The Labute approximate surface area is 224 Å². The average Bonchev–Trinajstić information content (AvgIpc) is 2.89. The largest absolute Gasteiger partial charge is 0.381 e. The third kappa shape index (κ3) is 6.40. The first-order valence-corrected chi connectivity index (χ1v) is 15.0. The molecule has 0 radical (unpaired) electrons. The first kappa shape index (κ1) is 29.7. The van der Waals surface area contributed by atoms with Crippen LogP contribution in [0.2, 0.25) is 0 Å². The number of aliphatic hydroxyl groups excluding tert-OH is 1. The summed E-state index contributed by atoms with van der Waals surface area (Å²) in [5.41, 5.74) is 8.11. The third-order valence-corrected chi connectivity index (χ3v) is 10.2. The highest BCUT2D eigenvalue weighted by Gasteiger charge is 2.34. The van der Waals surface area contributed by atoms with E-state index in [9.17, 15) is 19.1 Å². The zero-order valence-electron chi connectivity index (χ0n) is 23.6. The Morgan fingerprint density at radius 2 is 1.86 bits per heavy atom. The van der Waals surface area contributed by atoms with Crippen molar-refractivity contribution in [1.82, 2.24) is 0 Å². The minimum Gasteiger partial charge on any atom is -0.381 e. The van der Waals surface area contributed by atoms with E-state index in [1.807, 2.05) is 19.9 Å². The Morgan fingerprint density at radius 3 is 2.46 bits per heavy atom. The number of benzene rings is 1. The molecule has 0 saturated carbocycles. The average molecular weight is 527 g/mol. The number of halogens is 1. The fraction of sp³-hybridized carbons (Fsp3) is 0.562. The minimum atomic E-state index is -1.34. The SMILES string of the molecule is CCC(C)CC1=C2CCCc3c(C)c(F)cc(c32)PC1/C(C)=C/C(=C(/CC(C)CC)C(C)=O)C(O)C=O. The maximum Gasteiger partial charge on any atom is 0.156 e. The molecule has 5 unspecified atom stereocenters. The second kappa shape index (κ2) is 12.8. The van der Waals surface area contributed by atoms with Crippen molar-refractivity contribution in [3.05, 3.63) is 56.9 Å². The summed E-state index contributed by atoms with van der Waals surface area (Å²) in [6.07, 6.45) is 7.50. The Bertz CT molecular complexity index is 1140. The molecule has 1 aliphatic heterocycles. The van der Waals surface area contributed by atoms with Gasteiger partial charge in [0.25, 0.3) is 0 Å². The van der Waals surface area contributed by atoms with Crippen molar-refractivity contribution in [1.29, 1.82) is 0 Å². The van der Waals surface area contributed by atoms with Crippen molar-refractivity contribution < 1.29 is 19.1 Å². The number of hydrogen-bond donors (Lipinski definition) is 1. The summed E-state index contributed by atoms with van der Waals surface area (Å²) in [7, 11) is 0.372. The van der Waals surface area contributed by atoms with Gasteiger partial charge in [-0.25, -0.2) is 4.39 Å². The van der Waals surface area contributed by atoms with Crippen molar-refractivity contribution in [3.63, 3.8) is 0 Å². The van der Waals surface area contributed by atoms with Crippen LogP contribution in [0.3, 0.4) is 0 Å².